The number of benzene rings is 3. The van der Waals surface area contributed by atoms with Gasteiger partial charge in [-0.2, -0.15) is 10.4 Å². The Morgan fingerprint density at radius 1 is 0.818 bits per heavy atom. The molecule has 4 rings (SSSR count). The summed E-state index contributed by atoms with van der Waals surface area (Å²) in [5, 5.41) is 13.7. The maximum absolute atomic E-state index is 12.8. The Bertz CT molecular complexity index is 1370. The van der Waals surface area contributed by atoms with Gasteiger partial charge in [0.25, 0.3) is 0 Å². The third-order valence-corrected chi connectivity index (χ3v) is 5.14. The van der Waals surface area contributed by atoms with Crippen molar-refractivity contribution in [2.45, 2.75) is 0 Å². The van der Waals surface area contributed by atoms with Crippen molar-refractivity contribution in [2.75, 3.05) is 14.2 Å². The lowest BCUT2D eigenvalue weighted by Crippen LogP contribution is -2.15. The number of nitrogens with zero attached hydrogens (tertiary/aromatic N) is 3. The van der Waals surface area contributed by atoms with Gasteiger partial charge in [0.1, 0.15) is 11.3 Å². The maximum Gasteiger partial charge on any atom is 0.357 e. The summed E-state index contributed by atoms with van der Waals surface area (Å²) in [6.45, 7) is 0. The number of ether oxygens (including phenoxy) is 2. The number of hydrogen-bond acceptors (Lipinski definition) is 6. The Kier molecular flexibility index (Phi) is 6.00. The van der Waals surface area contributed by atoms with Crippen LogP contribution in [-0.2, 0) is 9.47 Å². The van der Waals surface area contributed by atoms with E-state index in [4.69, 9.17) is 14.7 Å². The minimum Gasteiger partial charge on any atom is -0.465 e. The fraction of sp³-hybridized carbons (Fsp3) is 0.0769. The molecule has 0 aliphatic heterocycles. The van der Waals surface area contributed by atoms with Crippen molar-refractivity contribution in [1.29, 1.82) is 5.26 Å². The Morgan fingerprint density at radius 3 is 2.12 bits per heavy atom. The molecule has 0 bridgehead atoms. The van der Waals surface area contributed by atoms with Crippen molar-refractivity contribution in [3.05, 3.63) is 95.7 Å². The number of carbonyl (C=O) groups excluding carboxylic acids is 2. The summed E-state index contributed by atoms with van der Waals surface area (Å²) in [7, 11) is 2.50. The van der Waals surface area contributed by atoms with Crippen LogP contribution in [0.3, 0.4) is 0 Å². The second-order valence-corrected chi connectivity index (χ2v) is 7.07. The zero-order valence-corrected chi connectivity index (χ0v) is 18.0. The molecule has 33 heavy (non-hydrogen) atoms. The van der Waals surface area contributed by atoms with E-state index in [-0.39, 0.29) is 11.3 Å². The van der Waals surface area contributed by atoms with Gasteiger partial charge in [0.15, 0.2) is 5.69 Å². The third kappa shape index (κ3) is 4.10. The maximum atomic E-state index is 12.8. The Morgan fingerprint density at radius 2 is 1.48 bits per heavy atom. The summed E-state index contributed by atoms with van der Waals surface area (Å²) < 4.78 is 11.3. The molecule has 0 atom stereocenters. The minimum atomic E-state index is -0.707. The van der Waals surface area contributed by atoms with Crippen LogP contribution < -0.4 is 0 Å². The third-order valence-electron chi connectivity index (χ3n) is 5.14. The fourth-order valence-corrected chi connectivity index (χ4v) is 3.54. The van der Waals surface area contributed by atoms with Crippen molar-refractivity contribution < 1.29 is 19.1 Å². The summed E-state index contributed by atoms with van der Waals surface area (Å²) in [6, 6.07) is 25.7. The van der Waals surface area contributed by atoms with Crippen LogP contribution in [0.5, 0.6) is 0 Å². The van der Waals surface area contributed by atoms with Crippen LogP contribution in [0.2, 0.25) is 0 Å². The van der Waals surface area contributed by atoms with E-state index in [0.717, 1.165) is 11.1 Å². The molecule has 0 fully saturated rings. The van der Waals surface area contributed by atoms with Crippen LogP contribution in [0.15, 0.2) is 78.9 Å². The first-order valence-corrected chi connectivity index (χ1v) is 10.0. The highest BCUT2D eigenvalue weighted by Crippen LogP contribution is 2.32. The monoisotopic (exact) mass is 437 g/mol. The van der Waals surface area contributed by atoms with Crippen molar-refractivity contribution in [3.63, 3.8) is 0 Å². The molecule has 0 amide bonds. The quantitative estimate of drug-likeness (QED) is 0.422. The molecule has 1 heterocycles. The van der Waals surface area contributed by atoms with Gasteiger partial charge in [-0.1, -0.05) is 48.5 Å². The minimum absolute atomic E-state index is 0.0187. The molecule has 0 saturated carbocycles. The number of para-hydroxylation sites is 1. The van der Waals surface area contributed by atoms with E-state index in [9.17, 15) is 9.59 Å². The number of aromatic nitrogens is 2. The average molecular weight is 437 g/mol. The molecule has 0 aliphatic carbocycles. The lowest BCUT2D eigenvalue weighted by atomic mass is 9.99. The second-order valence-electron chi connectivity index (χ2n) is 7.07. The highest BCUT2D eigenvalue weighted by molar-refractivity contribution is 6.07. The first kappa shape index (κ1) is 21.5. The highest BCUT2D eigenvalue weighted by atomic mass is 16.5. The summed E-state index contributed by atoms with van der Waals surface area (Å²) in [6.07, 6.45) is 0. The summed E-state index contributed by atoms with van der Waals surface area (Å²) >= 11 is 0. The number of nitriles is 1. The Balaban J connectivity index is 1.94. The molecule has 1 aromatic heterocycles. The van der Waals surface area contributed by atoms with E-state index in [2.05, 4.69) is 11.2 Å². The van der Waals surface area contributed by atoms with Crippen LogP contribution in [0.25, 0.3) is 28.1 Å². The van der Waals surface area contributed by atoms with Gasteiger partial charge >= 0.3 is 11.9 Å². The van der Waals surface area contributed by atoms with Gasteiger partial charge < -0.3 is 9.47 Å². The number of methoxy groups -OCH3 is 2. The molecule has 0 aliphatic rings. The standard InChI is InChI=1S/C26H19N3O4/c1-32-25(30)22-23(28-29(24(22)26(31)33-2)21-9-4-3-5-10-21)20-8-6-7-19(15-20)18-13-11-17(16-27)12-14-18/h3-15H,1-2H3. The molecule has 0 unspecified atom stereocenters. The summed E-state index contributed by atoms with van der Waals surface area (Å²) in [5.74, 6) is -1.40. The van der Waals surface area contributed by atoms with E-state index in [1.54, 1.807) is 42.5 Å². The lowest BCUT2D eigenvalue weighted by molar-refractivity contribution is 0.0549. The molecule has 0 spiro atoms. The van der Waals surface area contributed by atoms with Gasteiger partial charge in [0.05, 0.1) is 31.5 Å². The first-order valence-electron chi connectivity index (χ1n) is 10.0. The predicted molar refractivity (Wildman–Crippen MR) is 122 cm³/mol. The zero-order chi connectivity index (χ0) is 23.4. The second kappa shape index (κ2) is 9.20. The van der Waals surface area contributed by atoms with Crippen molar-refractivity contribution in [2.24, 2.45) is 0 Å². The van der Waals surface area contributed by atoms with Crippen LogP contribution in [0.1, 0.15) is 26.4 Å². The normalized spacial score (nSPS) is 10.3. The zero-order valence-electron chi connectivity index (χ0n) is 18.0. The number of esters is 2. The van der Waals surface area contributed by atoms with Crippen LogP contribution in [-0.4, -0.2) is 35.9 Å². The molecular formula is C26H19N3O4. The molecule has 162 valence electrons. The van der Waals surface area contributed by atoms with Gasteiger partial charge in [-0.3, -0.25) is 0 Å². The van der Waals surface area contributed by atoms with E-state index < -0.39 is 11.9 Å². The van der Waals surface area contributed by atoms with Crippen LogP contribution in [0.4, 0.5) is 0 Å². The molecule has 4 aromatic rings. The van der Waals surface area contributed by atoms with E-state index in [1.165, 1.54) is 18.9 Å². The van der Waals surface area contributed by atoms with Gasteiger partial charge in [-0.25, -0.2) is 14.3 Å². The molecule has 3 aromatic carbocycles. The van der Waals surface area contributed by atoms with Gasteiger partial charge in [0, 0.05) is 5.56 Å². The molecular weight excluding hydrogens is 418 g/mol. The Labute approximate surface area is 190 Å². The largest absolute Gasteiger partial charge is 0.465 e. The summed E-state index contributed by atoms with van der Waals surface area (Å²) in [4.78, 5) is 25.5. The van der Waals surface area contributed by atoms with Gasteiger partial charge in [-0.05, 0) is 41.5 Å². The van der Waals surface area contributed by atoms with Crippen LogP contribution in [0, 0.1) is 11.3 Å². The van der Waals surface area contributed by atoms with E-state index >= 15 is 0 Å². The number of hydrogen-bond donors (Lipinski definition) is 0. The molecule has 7 nitrogen and oxygen atoms in total. The van der Waals surface area contributed by atoms with Gasteiger partial charge in [0.2, 0.25) is 0 Å². The van der Waals surface area contributed by atoms with Crippen molar-refractivity contribution in [3.8, 4) is 34.1 Å². The fourth-order valence-electron chi connectivity index (χ4n) is 3.54. The number of carbonyl (C=O) groups is 2. The smallest absolute Gasteiger partial charge is 0.357 e. The topological polar surface area (TPSA) is 94.2 Å². The average Bonchev–Trinajstić information content (AvgIpc) is 3.29. The molecule has 0 radical (unpaired) electrons. The van der Waals surface area contributed by atoms with E-state index in [1.807, 2.05) is 36.4 Å². The highest BCUT2D eigenvalue weighted by Gasteiger charge is 2.31. The number of rotatable bonds is 5. The van der Waals surface area contributed by atoms with Crippen LogP contribution >= 0.6 is 0 Å². The Hall–Kier alpha value is -4.70. The summed E-state index contributed by atoms with van der Waals surface area (Å²) in [5.41, 5.74) is 3.83. The SMILES string of the molecule is COC(=O)c1c(-c2cccc(-c3ccc(C#N)cc3)c2)nn(-c2ccccc2)c1C(=O)OC. The molecule has 0 N–H and O–H groups in total. The first-order chi connectivity index (χ1) is 16.1. The molecule has 0 saturated heterocycles. The lowest BCUT2D eigenvalue weighted by Gasteiger charge is -2.07. The predicted octanol–water partition coefficient (Wildman–Crippen LogP) is 4.65. The van der Waals surface area contributed by atoms with Crippen molar-refractivity contribution in [1.82, 2.24) is 9.78 Å². The van der Waals surface area contributed by atoms with E-state index in [0.29, 0.717) is 22.5 Å². The molecule has 7 heteroatoms. The van der Waals surface area contributed by atoms with Crippen molar-refractivity contribution >= 4 is 11.9 Å². The van der Waals surface area contributed by atoms with Gasteiger partial charge in [-0.15, -0.1) is 0 Å².